The van der Waals surface area contributed by atoms with Gasteiger partial charge >= 0.3 is 0 Å². The van der Waals surface area contributed by atoms with Crippen LogP contribution >= 0.6 is 24.0 Å². The van der Waals surface area contributed by atoms with Crippen LogP contribution in [-0.4, -0.2) is 49.4 Å². The minimum absolute atomic E-state index is 0. The number of aromatic amines is 1. The van der Waals surface area contributed by atoms with Crippen LogP contribution in [0.4, 0.5) is 0 Å². The number of aryl methyl sites for hydroxylation is 1. The average Bonchev–Trinajstić information content (AvgIpc) is 3.35. The molecule has 0 atom stereocenters. The van der Waals surface area contributed by atoms with E-state index in [0.717, 1.165) is 41.7 Å². The molecule has 0 saturated carbocycles. The van der Waals surface area contributed by atoms with Crippen LogP contribution in [0.3, 0.4) is 0 Å². The van der Waals surface area contributed by atoms with Crippen molar-refractivity contribution in [3.8, 4) is 11.4 Å². The quantitative estimate of drug-likeness (QED) is 0.282. The van der Waals surface area contributed by atoms with E-state index in [-0.39, 0.29) is 24.0 Å². The zero-order valence-electron chi connectivity index (χ0n) is 18.3. The molecule has 1 aromatic carbocycles. The molecule has 0 fully saturated rings. The third kappa shape index (κ3) is 6.04. The molecular formula is C21H31IN8. The maximum atomic E-state index is 4.84. The molecule has 0 saturated heterocycles. The standard InChI is InChI=1S/C21H30N8.HI/c1-6-22-21(28(4)12-18-13-29(5)27-19(18)15(2)3)23-11-16-8-7-9-17(10-16)20-24-14-25-26-20;/h7-10,13-15H,6,11-12H2,1-5H3,(H,22,23)(H,24,25,26);1H. The first-order valence-electron chi connectivity index (χ1n) is 9.94. The fraction of sp³-hybridized carbons (Fsp3) is 0.429. The molecule has 0 spiro atoms. The van der Waals surface area contributed by atoms with E-state index in [0.29, 0.717) is 12.5 Å². The highest BCUT2D eigenvalue weighted by atomic mass is 127. The molecule has 0 unspecified atom stereocenters. The molecule has 30 heavy (non-hydrogen) atoms. The normalized spacial score (nSPS) is 11.5. The zero-order valence-corrected chi connectivity index (χ0v) is 20.6. The summed E-state index contributed by atoms with van der Waals surface area (Å²) in [4.78, 5) is 11.2. The maximum Gasteiger partial charge on any atom is 0.194 e. The molecule has 3 rings (SSSR count). The minimum atomic E-state index is 0. The van der Waals surface area contributed by atoms with Gasteiger partial charge in [-0.2, -0.15) is 10.2 Å². The summed E-state index contributed by atoms with van der Waals surface area (Å²) in [6.45, 7) is 8.58. The van der Waals surface area contributed by atoms with Crippen molar-refractivity contribution in [2.75, 3.05) is 13.6 Å². The second-order valence-corrected chi connectivity index (χ2v) is 7.43. The number of H-pyrrole nitrogens is 1. The van der Waals surface area contributed by atoms with Gasteiger partial charge < -0.3 is 10.2 Å². The summed E-state index contributed by atoms with van der Waals surface area (Å²) in [6.07, 6.45) is 3.61. The summed E-state index contributed by atoms with van der Waals surface area (Å²) in [5.74, 6) is 2.02. The Morgan fingerprint density at radius 3 is 2.80 bits per heavy atom. The largest absolute Gasteiger partial charge is 0.357 e. The monoisotopic (exact) mass is 522 g/mol. The Labute approximate surface area is 195 Å². The summed E-state index contributed by atoms with van der Waals surface area (Å²) in [5.41, 5.74) is 4.48. The van der Waals surface area contributed by atoms with Gasteiger partial charge in [-0.05, 0) is 24.5 Å². The molecule has 2 aromatic heterocycles. The molecule has 2 N–H and O–H groups in total. The summed E-state index contributed by atoms with van der Waals surface area (Å²) < 4.78 is 1.89. The average molecular weight is 522 g/mol. The van der Waals surface area contributed by atoms with Gasteiger partial charge in [0, 0.05) is 44.5 Å². The lowest BCUT2D eigenvalue weighted by atomic mass is 10.1. The zero-order chi connectivity index (χ0) is 20.8. The molecule has 0 aliphatic rings. The van der Waals surface area contributed by atoms with Crippen LogP contribution in [0.5, 0.6) is 0 Å². The predicted octanol–water partition coefficient (Wildman–Crippen LogP) is 3.54. The van der Waals surface area contributed by atoms with Gasteiger partial charge in [0.25, 0.3) is 0 Å². The van der Waals surface area contributed by atoms with Gasteiger partial charge in [0.1, 0.15) is 6.33 Å². The van der Waals surface area contributed by atoms with Crippen molar-refractivity contribution in [2.24, 2.45) is 12.0 Å². The Kier molecular flexibility index (Phi) is 8.82. The molecule has 8 nitrogen and oxygen atoms in total. The number of halogens is 1. The highest BCUT2D eigenvalue weighted by Crippen LogP contribution is 2.19. The van der Waals surface area contributed by atoms with Crippen molar-refractivity contribution in [3.05, 3.63) is 53.6 Å². The number of benzene rings is 1. The molecule has 0 aliphatic heterocycles. The lowest BCUT2D eigenvalue weighted by molar-refractivity contribution is 0.473. The van der Waals surface area contributed by atoms with Crippen molar-refractivity contribution in [2.45, 2.75) is 39.8 Å². The number of guanidine groups is 1. The topological polar surface area (TPSA) is 87.0 Å². The van der Waals surface area contributed by atoms with Crippen LogP contribution in [0.1, 0.15) is 43.5 Å². The molecule has 0 bridgehead atoms. The Morgan fingerprint density at radius 1 is 1.33 bits per heavy atom. The van der Waals surface area contributed by atoms with Crippen LogP contribution < -0.4 is 5.32 Å². The Bertz CT molecular complexity index is 946. The lowest BCUT2D eigenvalue weighted by Gasteiger charge is -2.22. The van der Waals surface area contributed by atoms with Crippen LogP contribution in [0.2, 0.25) is 0 Å². The summed E-state index contributed by atoms with van der Waals surface area (Å²) in [5, 5.41) is 14.8. The second kappa shape index (κ2) is 11.1. The lowest BCUT2D eigenvalue weighted by Crippen LogP contribution is -2.38. The van der Waals surface area contributed by atoms with Gasteiger partial charge in [-0.25, -0.2) is 9.98 Å². The number of hydrogen-bond donors (Lipinski definition) is 2. The molecule has 3 aromatic rings. The van der Waals surface area contributed by atoms with E-state index in [1.165, 1.54) is 11.9 Å². The van der Waals surface area contributed by atoms with Gasteiger partial charge in [-0.1, -0.05) is 32.0 Å². The third-order valence-electron chi connectivity index (χ3n) is 4.61. The van der Waals surface area contributed by atoms with Crippen molar-refractivity contribution < 1.29 is 0 Å². The summed E-state index contributed by atoms with van der Waals surface area (Å²) in [7, 11) is 4.03. The number of rotatable bonds is 7. The second-order valence-electron chi connectivity index (χ2n) is 7.43. The molecule has 162 valence electrons. The number of nitrogens with one attached hydrogen (secondary N) is 2. The van der Waals surface area contributed by atoms with E-state index < -0.39 is 0 Å². The molecule has 2 heterocycles. The van der Waals surface area contributed by atoms with Crippen molar-refractivity contribution in [3.63, 3.8) is 0 Å². The van der Waals surface area contributed by atoms with Gasteiger partial charge in [0.05, 0.1) is 12.2 Å². The van der Waals surface area contributed by atoms with E-state index >= 15 is 0 Å². The minimum Gasteiger partial charge on any atom is -0.357 e. The first-order valence-corrected chi connectivity index (χ1v) is 9.94. The van der Waals surface area contributed by atoms with Gasteiger partial charge in [-0.3, -0.25) is 9.78 Å². The summed E-state index contributed by atoms with van der Waals surface area (Å²) >= 11 is 0. The highest BCUT2D eigenvalue weighted by Gasteiger charge is 2.15. The smallest absolute Gasteiger partial charge is 0.194 e. The maximum absolute atomic E-state index is 4.84. The predicted molar refractivity (Wildman–Crippen MR) is 131 cm³/mol. The molecule has 0 amide bonds. The van der Waals surface area contributed by atoms with E-state index in [1.807, 2.05) is 23.9 Å². The van der Waals surface area contributed by atoms with E-state index in [1.54, 1.807) is 0 Å². The molecular weight excluding hydrogens is 491 g/mol. The summed E-state index contributed by atoms with van der Waals surface area (Å²) in [6, 6.07) is 8.20. The first-order chi connectivity index (χ1) is 14.0. The van der Waals surface area contributed by atoms with Gasteiger partial charge in [0.2, 0.25) is 0 Å². The van der Waals surface area contributed by atoms with Crippen molar-refractivity contribution in [1.82, 2.24) is 35.2 Å². The highest BCUT2D eigenvalue weighted by molar-refractivity contribution is 14.0. The van der Waals surface area contributed by atoms with Crippen LogP contribution in [0.15, 0.2) is 41.8 Å². The molecule has 0 radical (unpaired) electrons. The Morgan fingerprint density at radius 2 is 2.13 bits per heavy atom. The Hall–Kier alpha value is -2.43. The van der Waals surface area contributed by atoms with E-state index in [9.17, 15) is 0 Å². The fourth-order valence-electron chi connectivity index (χ4n) is 3.29. The number of hydrogen-bond acceptors (Lipinski definition) is 4. The van der Waals surface area contributed by atoms with Crippen LogP contribution in [-0.2, 0) is 20.1 Å². The van der Waals surface area contributed by atoms with Gasteiger partial charge in [-0.15, -0.1) is 24.0 Å². The van der Waals surface area contributed by atoms with E-state index in [4.69, 9.17) is 4.99 Å². The number of aliphatic imine (C=N–C) groups is 1. The van der Waals surface area contributed by atoms with Crippen molar-refractivity contribution >= 4 is 29.9 Å². The first kappa shape index (κ1) is 23.8. The number of aromatic nitrogens is 5. The van der Waals surface area contributed by atoms with Gasteiger partial charge in [0.15, 0.2) is 11.8 Å². The van der Waals surface area contributed by atoms with E-state index in [2.05, 4.69) is 76.6 Å². The van der Waals surface area contributed by atoms with Crippen LogP contribution in [0.25, 0.3) is 11.4 Å². The SMILES string of the molecule is CCNC(=NCc1cccc(-c2ncn[nH]2)c1)N(C)Cc1cn(C)nc1C(C)C.I. The molecule has 9 heteroatoms. The third-order valence-corrected chi connectivity index (χ3v) is 4.61. The molecule has 0 aliphatic carbocycles. The Balaban J connectivity index is 0.00000320. The van der Waals surface area contributed by atoms with Crippen LogP contribution in [0, 0.1) is 0 Å². The number of nitrogens with zero attached hydrogens (tertiary/aromatic N) is 6. The fourth-order valence-corrected chi connectivity index (χ4v) is 3.29. The van der Waals surface area contributed by atoms with Crippen molar-refractivity contribution in [1.29, 1.82) is 0 Å².